The van der Waals surface area contributed by atoms with Crippen molar-refractivity contribution in [2.24, 2.45) is 5.92 Å². The Morgan fingerprint density at radius 1 is 1.39 bits per heavy atom. The fourth-order valence-corrected chi connectivity index (χ4v) is 2.56. The minimum atomic E-state index is -0.434. The van der Waals surface area contributed by atoms with Crippen LogP contribution >= 0.6 is 27.5 Å². The van der Waals surface area contributed by atoms with Gasteiger partial charge < -0.3 is 4.90 Å². The summed E-state index contributed by atoms with van der Waals surface area (Å²) >= 11 is 8.96. The first kappa shape index (κ1) is 13.6. The van der Waals surface area contributed by atoms with Gasteiger partial charge in [-0.25, -0.2) is 0 Å². The van der Waals surface area contributed by atoms with Gasteiger partial charge in [-0.3, -0.25) is 9.59 Å². The first-order chi connectivity index (χ1) is 8.40. The van der Waals surface area contributed by atoms with Gasteiger partial charge in [-0.2, -0.15) is 0 Å². The lowest BCUT2D eigenvalue weighted by Gasteiger charge is -2.18. The molecule has 1 atom stereocenters. The summed E-state index contributed by atoms with van der Waals surface area (Å²) in [6.07, 6.45) is 0.205. The number of amides is 1. The highest BCUT2D eigenvalue weighted by atomic mass is 79.9. The van der Waals surface area contributed by atoms with Crippen LogP contribution in [-0.2, 0) is 9.59 Å². The minimum absolute atomic E-state index is 0.0462. The predicted molar refractivity (Wildman–Crippen MR) is 74.9 cm³/mol. The summed E-state index contributed by atoms with van der Waals surface area (Å²) in [5.41, 5.74) is 2.97. The quantitative estimate of drug-likeness (QED) is 0.781. The van der Waals surface area contributed by atoms with Crippen LogP contribution in [0, 0.1) is 19.8 Å². The Morgan fingerprint density at radius 3 is 2.39 bits per heavy atom. The van der Waals surface area contributed by atoms with Crippen LogP contribution in [0.2, 0.25) is 0 Å². The second-order valence-corrected chi connectivity index (χ2v) is 5.77. The number of carbonyl (C=O) groups excluding carboxylic acids is 2. The Bertz CT molecular complexity index is 507. The zero-order valence-electron chi connectivity index (χ0n) is 10.2. The zero-order chi connectivity index (χ0) is 13.4. The largest absolute Gasteiger partial charge is 0.312 e. The van der Waals surface area contributed by atoms with Crippen molar-refractivity contribution in [1.29, 1.82) is 0 Å². The Hall–Kier alpha value is -0.870. The molecule has 0 saturated carbocycles. The Balaban J connectivity index is 2.33. The molecule has 0 radical (unpaired) electrons. The zero-order valence-corrected chi connectivity index (χ0v) is 12.5. The summed E-state index contributed by atoms with van der Waals surface area (Å²) < 4.78 is 1.04. The lowest BCUT2D eigenvalue weighted by Crippen LogP contribution is -2.25. The number of hydrogen-bond donors (Lipinski definition) is 0. The van der Waals surface area contributed by atoms with Crippen LogP contribution in [0.3, 0.4) is 0 Å². The topological polar surface area (TPSA) is 37.4 Å². The van der Waals surface area contributed by atoms with Crippen molar-refractivity contribution in [3.63, 3.8) is 0 Å². The van der Waals surface area contributed by atoms with Crippen LogP contribution < -0.4 is 4.90 Å². The standard InChI is InChI=1S/C13H13BrClNO2/c1-7-3-10(4-8(2)12(7)14)16-6-9(13(15)18)5-11(16)17/h3-4,9H,5-6H2,1-2H3. The van der Waals surface area contributed by atoms with E-state index in [9.17, 15) is 9.59 Å². The van der Waals surface area contributed by atoms with Crippen LogP contribution in [0.1, 0.15) is 17.5 Å². The SMILES string of the molecule is Cc1cc(N2CC(C(=O)Cl)CC2=O)cc(C)c1Br. The molecule has 1 aliphatic heterocycles. The molecule has 0 spiro atoms. The number of hydrogen-bond acceptors (Lipinski definition) is 2. The molecule has 5 heteroatoms. The first-order valence-corrected chi connectivity index (χ1v) is 6.83. The van der Waals surface area contributed by atoms with Crippen molar-refractivity contribution in [3.05, 3.63) is 27.7 Å². The van der Waals surface area contributed by atoms with E-state index in [0.717, 1.165) is 21.3 Å². The maximum atomic E-state index is 11.9. The number of nitrogens with zero attached hydrogens (tertiary/aromatic N) is 1. The van der Waals surface area contributed by atoms with E-state index in [0.29, 0.717) is 6.54 Å². The number of halogens is 2. The van der Waals surface area contributed by atoms with Gasteiger partial charge in [0.15, 0.2) is 0 Å². The average Bonchev–Trinajstić information content (AvgIpc) is 2.68. The Kier molecular flexibility index (Phi) is 3.78. The highest BCUT2D eigenvalue weighted by molar-refractivity contribution is 9.10. The van der Waals surface area contributed by atoms with E-state index in [2.05, 4.69) is 15.9 Å². The molecule has 18 heavy (non-hydrogen) atoms. The predicted octanol–water partition coefficient (Wildman–Crippen LogP) is 3.18. The van der Waals surface area contributed by atoms with Crippen molar-refractivity contribution in [1.82, 2.24) is 0 Å². The van der Waals surface area contributed by atoms with E-state index in [1.165, 1.54) is 0 Å². The summed E-state index contributed by atoms with van der Waals surface area (Å²) in [5.74, 6) is -0.432. The second-order valence-electron chi connectivity index (χ2n) is 4.60. The average molecular weight is 331 g/mol. The molecule has 1 fully saturated rings. The van der Waals surface area contributed by atoms with Gasteiger partial charge in [0, 0.05) is 23.1 Å². The van der Waals surface area contributed by atoms with E-state index in [-0.39, 0.29) is 18.2 Å². The van der Waals surface area contributed by atoms with Crippen LogP contribution in [0.15, 0.2) is 16.6 Å². The summed E-state index contributed by atoms with van der Waals surface area (Å²) in [7, 11) is 0. The van der Waals surface area contributed by atoms with Gasteiger partial charge >= 0.3 is 0 Å². The molecule has 0 aliphatic carbocycles. The lowest BCUT2D eigenvalue weighted by molar-refractivity contribution is -0.120. The highest BCUT2D eigenvalue weighted by Crippen LogP contribution is 2.31. The van der Waals surface area contributed by atoms with Gasteiger partial charge in [-0.1, -0.05) is 15.9 Å². The first-order valence-electron chi connectivity index (χ1n) is 5.66. The molecule has 0 aromatic heterocycles. The summed E-state index contributed by atoms with van der Waals surface area (Å²) in [4.78, 5) is 24.7. The fourth-order valence-electron chi connectivity index (χ4n) is 2.19. The van der Waals surface area contributed by atoms with Gasteiger partial charge in [0.05, 0.1) is 5.92 Å². The third-order valence-corrected chi connectivity index (χ3v) is 4.74. The molecular weight excluding hydrogens is 318 g/mol. The Labute approximate surface area is 119 Å². The van der Waals surface area contributed by atoms with E-state index >= 15 is 0 Å². The molecule has 0 N–H and O–H groups in total. The highest BCUT2D eigenvalue weighted by Gasteiger charge is 2.34. The van der Waals surface area contributed by atoms with E-state index in [4.69, 9.17) is 11.6 Å². The molecule has 2 rings (SSSR count). The number of rotatable bonds is 2. The summed E-state index contributed by atoms with van der Waals surface area (Å²) in [6, 6.07) is 3.88. The normalized spacial score (nSPS) is 19.4. The van der Waals surface area contributed by atoms with Crippen LogP contribution in [0.4, 0.5) is 5.69 Å². The summed E-state index contributed by atoms with van der Waals surface area (Å²) in [5, 5.41) is -0.434. The van der Waals surface area contributed by atoms with Gasteiger partial charge in [0.25, 0.3) is 0 Å². The van der Waals surface area contributed by atoms with Crippen LogP contribution in [0.5, 0.6) is 0 Å². The molecule has 1 heterocycles. The third kappa shape index (κ3) is 2.45. The fraction of sp³-hybridized carbons (Fsp3) is 0.385. The molecular formula is C13H13BrClNO2. The maximum Gasteiger partial charge on any atom is 0.227 e. The molecule has 1 saturated heterocycles. The number of benzene rings is 1. The maximum absolute atomic E-state index is 11.9. The third-order valence-electron chi connectivity index (χ3n) is 3.18. The molecule has 3 nitrogen and oxygen atoms in total. The number of carbonyl (C=O) groups is 2. The lowest BCUT2D eigenvalue weighted by atomic mass is 10.1. The van der Waals surface area contributed by atoms with Gasteiger partial charge in [0.2, 0.25) is 11.1 Å². The molecule has 1 amide bonds. The van der Waals surface area contributed by atoms with Crippen molar-refractivity contribution >= 4 is 44.4 Å². The monoisotopic (exact) mass is 329 g/mol. The van der Waals surface area contributed by atoms with Crippen molar-refractivity contribution in [2.45, 2.75) is 20.3 Å². The van der Waals surface area contributed by atoms with Crippen LogP contribution in [-0.4, -0.2) is 17.7 Å². The van der Waals surface area contributed by atoms with Gasteiger partial charge in [-0.15, -0.1) is 0 Å². The molecule has 1 unspecified atom stereocenters. The van der Waals surface area contributed by atoms with Crippen LogP contribution in [0.25, 0.3) is 0 Å². The van der Waals surface area contributed by atoms with Gasteiger partial charge in [-0.05, 0) is 48.7 Å². The smallest absolute Gasteiger partial charge is 0.227 e. The Morgan fingerprint density at radius 2 is 1.94 bits per heavy atom. The van der Waals surface area contributed by atoms with E-state index in [1.807, 2.05) is 26.0 Å². The molecule has 1 aromatic rings. The molecule has 1 aliphatic rings. The minimum Gasteiger partial charge on any atom is -0.312 e. The molecule has 96 valence electrons. The van der Waals surface area contributed by atoms with Gasteiger partial charge in [0.1, 0.15) is 0 Å². The second kappa shape index (κ2) is 5.02. The number of aryl methyl sites for hydroxylation is 2. The summed E-state index contributed by atoms with van der Waals surface area (Å²) in [6.45, 7) is 4.33. The van der Waals surface area contributed by atoms with Crippen molar-refractivity contribution in [3.8, 4) is 0 Å². The number of anilines is 1. The molecule has 0 bridgehead atoms. The molecule has 1 aromatic carbocycles. The van der Waals surface area contributed by atoms with E-state index < -0.39 is 5.24 Å². The van der Waals surface area contributed by atoms with E-state index in [1.54, 1.807) is 4.90 Å². The van der Waals surface area contributed by atoms with Crippen molar-refractivity contribution in [2.75, 3.05) is 11.4 Å². The van der Waals surface area contributed by atoms with Crippen molar-refractivity contribution < 1.29 is 9.59 Å².